The molecule has 0 saturated carbocycles. The van der Waals surface area contributed by atoms with Crippen LogP contribution in [0.3, 0.4) is 0 Å². The Bertz CT molecular complexity index is 740. The first-order valence-corrected chi connectivity index (χ1v) is 9.98. The molecule has 0 spiro atoms. The molecule has 3 rings (SSSR count). The number of amides is 1. The molecule has 1 aliphatic rings. The number of carbonyl (C=O) groups excluding carboxylic acids is 1. The molecule has 1 aliphatic carbocycles. The molecule has 0 aliphatic heterocycles. The second-order valence-electron chi connectivity index (χ2n) is 6.98. The van der Waals surface area contributed by atoms with Crippen molar-refractivity contribution in [2.24, 2.45) is 0 Å². The second kappa shape index (κ2) is 10.0. The Morgan fingerprint density at radius 1 is 1.04 bits per heavy atom. The zero-order valence-corrected chi connectivity index (χ0v) is 16.1. The Labute approximate surface area is 161 Å². The van der Waals surface area contributed by atoms with E-state index in [0.717, 1.165) is 37.2 Å². The zero-order valence-electron chi connectivity index (χ0n) is 16.1. The van der Waals surface area contributed by atoms with Crippen molar-refractivity contribution in [1.82, 2.24) is 5.32 Å². The van der Waals surface area contributed by atoms with E-state index >= 15 is 0 Å². The van der Waals surface area contributed by atoms with Gasteiger partial charge in [-0.3, -0.25) is 4.79 Å². The summed E-state index contributed by atoms with van der Waals surface area (Å²) in [6.07, 6.45) is 6.79. The summed E-state index contributed by atoms with van der Waals surface area (Å²) in [6, 6.07) is 14.3. The summed E-state index contributed by atoms with van der Waals surface area (Å²) in [6.45, 7) is 3.12. The van der Waals surface area contributed by atoms with Gasteiger partial charge >= 0.3 is 0 Å². The van der Waals surface area contributed by atoms with Gasteiger partial charge in [-0.05, 0) is 67.0 Å². The maximum atomic E-state index is 12.0. The molecule has 0 unspecified atom stereocenters. The van der Waals surface area contributed by atoms with Gasteiger partial charge in [-0.1, -0.05) is 37.6 Å². The number of fused-ring (bicyclic) bond motifs is 1. The standard InChI is InChI=1S/C23H29NO3/c1-2-6-18-11-13-20(14-12-18)26-16-15-24-23(25)17-27-22-10-5-8-19-7-3-4-9-21(19)22/h5,8,10-14H,2-4,6-7,9,15-17H2,1H3,(H,24,25). The fourth-order valence-corrected chi connectivity index (χ4v) is 3.48. The van der Waals surface area contributed by atoms with E-state index in [4.69, 9.17) is 9.47 Å². The van der Waals surface area contributed by atoms with Crippen molar-refractivity contribution in [3.8, 4) is 11.5 Å². The highest BCUT2D eigenvalue weighted by Crippen LogP contribution is 2.29. The highest BCUT2D eigenvalue weighted by Gasteiger charge is 2.14. The van der Waals surface area contributed by atoms with Gasteiger partial charge in [0, 0.05) is 0 Å². The molecule has 0 aromatic heterocycles. The number of hydrogen-bond donors (Lipinski definition) is 1. The average Bonchev–Trinajstić information content (AvgIpc) is 2.71. The molecule has 1 N–H and O–H groups in total. The molecule has 1 amide bonds. The van der Waals surface area contributed by atoms with Crippen molar-refractivity contribution < 1.29 is 14.3 Å². The van der Waals surface area contributed by atoms with Gasteiger partial charge in [-0.2, -0.15) is 0 Å². The Morgan fingerprint density at radius 3 is 2.67 bits per heavy atom. The molecule has 0 saturated heterocycles. The van der Waals surface area contributed by atoms with Crippen molar-refractivity contribution in [1.29, 1.82) is 0 Å². The molecule has 0 bridgehead atoms. The van der Waals surface area contributed by atoms with Gasteiger partial charge in [0.15, 0.2) is 6.61 Å². The summed E-state index contributed by atoms with van der Waals surface area (Å²) in [5, 5.41) is 2.85. The van der Waals surface area contributed by atoms with Crippen molar-refractivity contribution in [3.63, 3.8) is 0 Å². The molecule has 4 heteroatoms. The summed E-state index contributed by atoms with van der Waals surface area (Å²) in [5.74, 6) is 1.56. The minimum atomic E-state index is -0.120. The number of rotatable bonds is 9. The van der Waals surface area contributed by atoms with Crippen LogP contribution < -0.4 is 14.8 Å². The summed E-state index contributed by atoms with van der Waals surface area (Å²) in [4.78, 5) is 12.0. The van der Waals surface area contributed by atoms with Gasteiger partial charge in [0.05, 0.1) is 6.54 Å². The largest absolute Gasteiger partial charge is 0.492 e. The summed E-state index contributed by atoms with van der Waals surface area (Å²) in [7, 11) is 0. The SMILES string of the molecule is CCCc1ccc(OCCNC(=O)COc2cccc3c2CCCC3)cc1. The van der Waals surface area contributed by atoms with E-state index in [9.17, 15) is 4.79 Å². The fourth-order valence-electron chi connectivity index (χ4n) is 3.48. The van der Waals surface area contributed by atoms with Crippen LogP contribution in [0, 0.1) is 0 Å². The smallest absolute Gasteiger partial charge is 0.258 e. The quantitative estimate of drug-likeness (QED) is 0.679. The van der Waals surface area contributed by atoms with Gasteiger partial charge in [0.25, 0.3) is 5.91 Å². The highest BCUT2D eigenvalue weighted by atomic mass is 16.5. The van der Waals surface area contributed by atoms with Gasteiger partial charge in [-0.25, -0.2) is 0 Å². The third kappa shape index (κ3) is 5.75. The molecule has 0 atom stereocenters. The van der Waals surface area contributed by atoms with E-state index in [2.05, 4.69) is 30.4 Å². The molecule has 4 nitrogen and oxygen atoms in total. The minimum absolute atomic E-state index is 0.0438. The molecule has 144 valence electrons. The summed E-state index contributed by atoms with van der Waals surface area (Å²) < 4.78 is 11.4. The molecular formula is C23H29NO3. The van der Waals surface area contributed by atoms with Crippen molar-refractivity contribution >= 4 is 5.91 Å². The van der Waals surface area contributed by atoms with E-state index < -0.39 is 0 Å². The molecule has 27 heavy (non-hydrogen) atoms. The number of hydrogen-bond acceptors (Lipinski definition) is 3. The topological polar surface area (TPSA) is 47.6 Å². The van der Waals surface area contributed by atoms with Crippen LogP contribution in [0.1, 0.15) is 42.9 Å². The fraction of sp³-hybridized carbons (Fsp3) is 0.435. The normalized spacial score (nSPS) is 12.9. The van der Waals surface area contributed by atoms with Crippen LogP contribution in [-0.4, -0.2) is 25.7 Å². The van der Waals surface area contributed by atoms with Crippen LogP contribution in [0.4, 0.5) is 0 Å². The van der Waals surface area contributed by atoms with E-state index in [-0.39, 0.29) is 12.5 Å². The Morgan fingerprint density at radius 2 is 1.85 bits per heavy atom. The van der Waals surface area contributed by atoms with Crippen molar-refractivity contribution in [2.75, 3.05) is 19.8 Å². The van der Waals surface area contributed by atoms with Gasteiger partial charge in [0.1, 0.15) is 18.1 Å². The molecule has 0 heterocycles. The van der Waals surface area contributed by atoms with Crippen LogP contribution in [0.15, 0.2) is 42.5 Å². The van der Waals surface area contributed by atoms with E-state index in [0.29, 0.717) is 13.2 Å². The van der Waals surface area contributed by atoms with Crippen molar-refractivity contribution in [2.45, 2.75) is 45.4 Å². The van der Waals surface area contributed by atoms with E-state index in [1.54, 1.807) is 0 Å². The number of aryl methyl sites for hydroxylation is 2. The Hall–Kier alpha value is -2.49. The van der Waals surface area contributed by atoms with Crippen LogP contribution in [0.2, 0.25) is 0 Å². The first kappa shape index (κ1) is 19.3. The highest BCUT2D eigenvalue weighted by molar-refractivity contribution is 5.77. The average molecular weight is 367 g/mol. The van der Waals surface area contributed by atoms with Crippen LogP contribution in [-0.2, 0) is 24.1 Å². The second-order valence-corrected chi connectivity index (χ2v) is 6.98. The molecule has 2 aromatic carbocycles. The lowest BCUT2D eigenvalue weighted by Gasteiger charge is -2.19. The van der Waals surface area contributed by atoms with E-state index in [1.165, 1.54) is 29.5 Å². The predicted octanol–water partition coefficient (Wildman–Crippen LogP) is 4.09. The molecule has 2 aromatic rings. The lowest BCUT2D eigenvalue weighted by Crippen LogP contribution is -2.32. The lowest BCUT2D eigenvalue weighted by atomic mass is 9.91. The lowest BCUT2D eigenvalue weighted by molar-refractivity contribution is -0.123. The Kier molecular flexibility index (Phi) is 7.14. The minimum Gasteiger partial charge on any atom is -0.492 e. The van der Waals surface area contributed by atoms with Gasteiger partial charge in [-0.15, -0.1) is 0 Å². The van der Waals surface area contributed by atoms with Gasteiger partial charge < -0.3 is 14.8 Å². The third-order valence-corrected chi connectivity index (χ3v) is 4.87. The van der Waals surface area contributed by atoms with Gasteiger partial charge in [0.2, 0.25) is 0 Å². The van der Waals surface area contributed by atoms with Crippen LogP contribution in [0.25, 0.3) is 0 Å². The first-order valence-electron chi connectivity index (χ1n) is 9.98. The third-order valence-electron chi connectivity index (χ3n) is 4.87. The number of ether oxygens (including phenoxy) is 2. The van der Waals surface area contributed by atoms with Crippen LogP contribution >= 0.6 is 0 Å². The number of nitrogens with one attached hydrogen (secondary N) is 1. The number of carbonyl (C=O) groups is 1. The number of benzene rings is 2. The maximum Gasteiger partial charge on any atom is 0.258 e. The Balaban J connectivity index is 1.36. The molecular weight excluding hydrogens is 338 g/mol. The molecule has 0 fully saturated rings. The first-order chi connectivity index (χ1) is 13.3. The summed E-state index contributed by atoms with van der Waals surface area (Å²) >= 11 is 0. The van der Waals surface area contributed by atoms with Crippen LogP contribution in [0.5, 0.6) is 11.5 Å². The zero-order chi connectivity index (χ0) is 18.9. The maximum absolute atomic E-state index is 12.0. The van der Waals surface area contributed by atoms with E-state index in [1.807, 2.05) is 24.3 Å². The predicted molar refractivity (Wildman–Crippen MR) is 108 cm³/mol. The summed E-state index contributed by atoms with van der Waals surface area (Å²) in [5.41, 5.74) is 3.95. The van der Waals surface area contributed by atoms with Crippen molar-refractivity contribution in [3.05, 3.63) is 59.2 Å². The molecule has 0 radical (unpaired) electrons. The monoisotopic (exact) mass is 367 g/mol.